The fourth-order valence-electron chi connectivity index (χ4n) is 3.95. The number of β-amino-alcohol motifs (C(OH)–C–C–N with tert-alkyl or cyclic N) is 1. The van der Waals surface area contributed by atoms with Gasteiger partial charge in [0.1, 0.15) is 17.6 Å². The van der Waals surface area contributed by atoms with Crippen LogP contribution in [0.15, 0.2) is 12.3 Å². The fraction of sp³-hybridized carbons (Fsp3) is 0.667. The summed E-state index contributed by atoms with van der Waals surface area (Å²) in [6.07, 6.45) is 7.23. The Bertz CT molecular complexity index is 692. The molecule has 1 saturated carbocycles. The number of aromatic nitrogens is 1. The molecule has 0 aromatic carbocycles. The molecule has 1 aliphatic heterocycles. The van der Waals surface area contributed by atoms with Crippen molar-refractivity contribution >= 4 is 17.5 Å². The third-order valence-corrected chi connectivity index (χ3v) is 5.40. The Balaban J connectivity index is 1.72. The molecule has 0 radical (unpaired) electrons. The maximum Gasteiger partial charge on any atom is 0.341 e. The van der Waals surface area contributed by atoms with Crippen LogP contribution in [-0.4, -0.2) is 59.4 Å². The summed E-state index contributed by atoms with van der Waals surface area (Å²) >= 11 is 0. The van der Waals surface area contributed by atoms with Crippen molar-refractivity contribution in [3.05, 3.63) is 27.9 Å². The van der Waals surface area contributed by atoms with E-state index in [-0.39, 0.29) is 17.3 Å². The number of aliphatic hydroxyl groups excluding tert-OH is 1. The largest absolute Gasteiger partial charge is 0.465 e. The van der Waals surface area contributed by atoms with E-state index in [2.05, 4.69) is 10.3 Å². The van der Waals surface area contributed by atoms with Crippen molar-refractivity contribution in [3.63, 3.8) is 0 Å². The second kappa shape index (κ2) is 8.62. The predicted molar refractivity (Wildman–Crippen MR) is 98.9 cm³/mol. The number of hydrogen-bond donors (Lipinski definition) is 2. The zero-order valence-corrected chi connectivity index (χ0v) is 15.5. The number of ether oxygens (including phenoxy) is 1. The van der Waals surface area contributed by atoms with E-state index < -0.39 is 17.0 Å². The molecule has 2 aliphatic rings. The zero-order valence-electron chi connectivity index (χ0n) is 15.5. The highest BCUT2D eigenvalue weighted by Gasteiger charge is 2.32. The van der Waals surface area contributed by atoms with Crippen LogP contribution in [-0.2, 0) is 4.74 Å². The summed E-state index contributed by atoms with van der Waals surface area (Å²) in [4.78, 5) is 28.4. The van der Waals surface area contributed by atoms with Gasteiger partial charge in [0.05, 0.1) is 18.1 Å². The van der Waals surface area contributed by atoms with Gasteiger partial charge in [-0.1, -0.05) is 19.3 Å². The molecular weight excluding hydrogens is 352 g/mol. The molecule has 0 amide bonds. The van der Waals surface area contributed by atoms with Gasteiger partial charge in [-0.25, -0.2) is 9.78 Å². The normalized spacial score (nSPS) is 23.9. The Labute approximate surface area is 157 Å². The number of methoxy groups -OCH3 is 1. The summed E-state index contributed by atoms with van der Waals surface area (Å²) in [6, 6.07) is 1.63. The lowest BCUT2D eigenvalue weighted by Gasteiger charge is -2.39. The predicted octanol–water partition coefficient (Wildman–Crippen LogP) is 1.64. The third kappa shape index (κ3) is 4.54. The van der Waals surface area contributed by atoms with Crippen molar-refractivity contribution < 1.29 is 19.6 Å². The van der Waals surface area contributed by atoms with Gasteiger partial charge in [0, 0.05) is 31.2 Å². The number of nitrogens with one attached hydrogen (secondary N) is 1. The van der Waals surface area contributed by atoms with E-state index in [0.717, 1.165) is 19.0 Å². The molecule has 2 atom stereocenters. The monoisotopic (exact) mass is 378 g/mol. The van der Waals surface area contributed by atoms with Crippen LogP contribution in [0, 0.1) is 10.1 Å². The molecule has 0 bridgehead atoms. The van der Waals surface area contributed by atoms with Crippen molar-refractivity contribution in [1.82, 2.24) is 10.3 Å². The Kier molecular flexibility index (Phi) is 6.22. The number of carbonyl (C=O) groups is 1. The van der Waals surface area contributed by atoms with E-state index in [0.29, 0.717) is 31.4 Å². The van der Waals surface area contributed by atoms with Crippen molar-refractivity contribution in [2.45, 2.75) is 56.7 Å². The number of nitrogens with zero attached hydrogens (tertiary/aromatic N) is 3. The molecule has 2 heterocycles. The molecule has 2 fully saturated rings. The van der Waals surface area contributed by atoms with Crippen LogP contribution in [0.2, 0.25) is 0 Å². The topological polar surface area (TPSA) is 118 Å². The molecule has 27 heavy (non-hydrogen) atoms. The first-order valence-corrected chi connectivity index (χ1v) is 9.41. The van der Waals surface area contributed by atoms with Crippen molar-refractivity contribution in [2.24, 2.45) is 0 Å². The van der Waals surface area contributed by atoms with Gasteiger partial charge in [0.2, 0.25) is 0 Å². The van der Waals surface area contributed by atoms with Crippen molar-refractivity contribution in [3.8, 4) is 0 Å². The first kappa shape index (κ1) is 19.5. The number of esters is 1. The summed E-state index contributed by atoms with van der Waals surface area (Å²) < 4.78 is 4.75. The van der Waals surface area contributed by atoms with E-state index >= 15 is 0 Å². The molecule has 9 nitrogen and oxygen atoms in total. The molecule has 1 aromatic rings. The Morgan fingerprint density at radius 2 is 2.11 bits per heavy atom. The van der Waals surface area contributed by atoms with Gasteiger partial charge >= 0.3 is 5.97 Å². The molecule has 2 N–H and O–H groups in total. The second-order valence-electron chi connectivity index (χ2n) is 7.22. The fourth-order valence-corrected chi connectivity index (χ4v) is 3.95. The molecule has 0 spiro atoms. The Hall–Kier alpha value is -2.26. The minimum Gasteiger partial charge on any atom is -0.465 e. The van der Waals surface area contributed by atoms with E-state index in [1.54, 1.807) is 4.90 Å². The van der Waals surface area contributed by atoms with Gasteiger partial charge in [-0.2, -0.15) is 0 Å². The Morgan fingerprint density at radius 3 is 2.74 bits per heavy atom. The maximum atomic E-state index is 12.1. The lowest BCUT2D eigenvalue weighted by molar-refractivity contribution is -0.385. The highest BCUT2D eigenvalue weighted by atomic mass is 16.6. The van der Waals surface area contributed by atoms with Crippen LogP contribution in [0.4, 0.5) is 11.5 Å². The minimum absolute atomic E-state index is 0.00368. The smallest absolute Gasteiger partial charge is 0.341 e. The highest BCUT2D eigenvalue weighted by molar-refractivity contribution is 5.95. The molecule has 1 aromatic heterocycles. The highest BCUT2D eigenvalue weighted by Crippen LogP contribution is 2.27. The van der Waals surface area contributed by atoms with E-state index in [1.165, 1.54) is 32.4 Å². The van der Waals surface area contributed by atoms with Crippen LogP contribution in [0.3, 0.4) is 0 Å². The molecule has 1 saturated heterocycles. The van der Waals surface area contributed by atoms with E-state index in [9.17, 15) is 20.0 Å². The third-order valence-electron chi connectivity index (χ3n) is 5.40. The van der Waals surface area contributed by atoms with Gasteiger partial charge in [0.25, 0.3) is 5.69 Å². The van der Waals surface area contributed by atoms with Crippen LogP contribution in [0.1, 0.15) is 48.9 Å². The van der Waals surface area contributed by atoms with Gasteiger partial charge in [-0.05, 0) is 19.3 Å². The summed E-state index contributed by atoms with van der Waals surface area (Å²) in [7, 11) is 1.22. The van der Waals surface area contributed by atoms with Gasteiger partial charge in [-0.15, -0.1) is 0 Å². The second-order valence-corrected chi connectivity index (χ2v) is 7.22. The number of rotatable bonds is 5. The lowest BCUT2D eigenvalue weighted by Crippen LogP contribution is -2.55. The van der Waals surface area contributed by atoms with Crippen LogP contribution < -0.4 is 10.2 Å². The molecule has 2 unspecified atom stereocenters. The zero-order chi connectivity index (χ0) is 19.4. The van der Waals surface area contributed by atoms with E-state index in [1.807, 2.05) is 0 Å². The number of anilines is 1. The Morgan fingerprint density at radius 1 is 1.37 bits per heavy atom. The van der Waals surface area contributed by atoms with Crippen molar-refractivity contribution in [2.75, 3.05) is 25.1 Å². The first-order chi connectivity index (χ1) is 13.0. The average molecular weight is 378 g/mol. The number of pyridine rings is 1. The quantitative estimate of drug-likeness (QED) is 0.451. The van der Waals surface area contributed by atoms with Gasteiger partial charge in [-0.3, -0.25) is 10.1 Å². The molecule has 1 aliphatic carbocycles. The molecule has 3 rings (SSSR count). The molecule has 148 valence electrons. The van der Waals surface area contributed by atoms with Crippen molar-refractivity contribution in [1.29, 1.82) is 0 Å². The van der Waals surface area contributed by atoms with Gasteiger partial charge < -0.3 is 20.1 Å². The first-order valence-electron chi connectivity index (χ1n) is 9.41. The van der Waals surface area contributed by atoms with Gasteiger partial charge in [0.15, 0.2) is 0 Å². The number of nitro groups is 1. The van der Waals surface area contributed by atoms with E-state index in [4.69, 9.17) is 4.74 Å². The molecule has 9 heteroatoms. The maximum absolute atomic E-state index is 12.1. The summed E-state index contributed by atoms with van der Waals surface area (Å²) in [5, 5.41) is 25.2. The number of piperidine rings is 1. The van der Waals surface area contributed by atoms with Crippen LogP contribution >= 0.6 is 0 Å². The molecular formula is C18H26N4O5. The SMILES string of the molecule is COC(=O)c1cc([N+](=O)[O-])cnc1N1CCC(NC2CCCCC2)C(O)C1. The van der Waals surface area contributed by atoms with Crippen LogP contribution in [0.5, 0.6) is 0 Å². The number of carbonyl (C=O) groups excluding carboxylic acids is 1. The number of hydrogen-bond acceptors (Lipinski definition) is 8. The lowest BCUT2D eigenvalue weighted by atomic mass is 9.92. The standard InChI is InChI=1S/C18H26N4O5/c1-27-18(24)14-9-13(22(25)26)10-19-17(14)21-8-7-15(16(23)11-21)20-12-5-3-2-4-6-12/h9-10,12,15-16,20,23H,2-8,11H2,1H3. The van der Waals surface area contributed by atoms with Crippen LogP contribution in [0.25, 0.3) is 0 Å². The summed E-state index contributed by atoms with van der Waals surface area (Å²) in [5.41, 5.74) is -0.230. The number of aliphatic hydroxyl groups is 1. The summed E-state index contributed by atoms with van der Waals surface area (Å²) in [5.74, 6) is -0.374. The summed E-state index contributed by atoms with van der Waals surface area (Å²) in [6.45, 7) is 0.898. The minimum atomic E-state index is -0.682. The average Bonchev–Trinajstić information content (AvgIpc) is 2.69.